The van der Waals surface area contributed by atoms with Crippen LogP contribution < -0.4 is 26.1 Å². The Labute approximate surface area is 223 Å². The van der Waals surface area contributed by atoms with E-state index in [1.807, 2.05) is 18.2 Å². The van der Waals surface area contributed by atoms with E-state index in [2.05, 4.69) is 133 Å². The van der Waals surface area contributed by atoms with E-state index in [1.165, 1.54) is 20.7 Å². The standard InChI is InChI=1S/C35H25NOSi/c37-35-32-18-10-17-31-30(23-24-33(36-35)34(31)32)25-19-21-29(22-20-25)38(26-11-4-1-5-12-26,27-13-6-2-7-14-27)28-15-8-3-9-16-28/h1-24H,(H,36,37). The molecule has 1 aliphatic rings. The molecule has 0 radical (unpaired) electrons. The van der Waals surface area contributed by atoms with Crippen molar-refractivity contribution < 1.29 is 4.79 Å². The third kappa shape index (κ3) is 3.36. The van der Waals surface area contributed by atoms with Gasteiger partial charge in [0.15, 0.2) is 8.07 Å². The van der Waals surface area contributed by atoms with Gasteiger partial charge in [-0.15, -0.1) is 0 Å². The van der Waals surface area contributed by atoms with Crippen LogP contribution in [0.4, 0.5) is 5.69 Å². The molecule has 0 saturated heterocycles. The third-order valence-corrected chi connectivity index (χ3v) is 12.6. The summed E-state index contributed by atoms with van der Waals surface area (Å²) in [7, 11) is -2.55. The van der Waals surface area contributed by atoms with Crippen molar-refractivity contribution in [3.63, 3.8) is 0 Å². The summed E-state index contributed by atoms with van der Waals surface area (Å²) in [5.41, 5.74) is 3.93. The molecule has 7 rings (SSSR count). The fourth-order valence-electron chi connectivity index (χ4n) is 6.11. The summed E-state index contributed by atoms with van der Waals surface area (Å²) >= 11 is 0. The minimum atomic E-state index is -2.55. The fraction of sp³-hybridized carbons (Fsp3) is 0. The molecule has 3 heteroatoms. The Balaban J connectivity index is 1.45. The summed E-state index contributed by atoms with van der Waals surface area (Å²) in [4.78, 5) is 12.4. The van der Waals surface area contributed by atoms with E-state index in [1.54, 1.807) is 0 Å². The average molecular weight is 504 g/mol. The maximum absolute atomic E-state index is 12.4. The summed E-state index contributed by atoms with van der Waals surface area (Å²) in [6.45, 7) is 0. The number of rotatable bonds is 5. The van der Waals surface area contributed by atoms with Crippen LogP contribution in [-0.4, -0.2) is 14.0 Å². The molecule has 1 amide bonds. The van der Waals surface area contributed by atoms with Crippen LogP contribution >= 0.6 is 0 Å². The molecule has 0 atom stereocenters. The predicted octanol–water partition coefficient (Wildman–Crippen LogP) is 5.45. The monoisotopic (exact) mass is 503 g/mol. The van der Waals surface area contributed by atoms with E-state index in [9.17, 15) is 4.79 Å². The molecule has 38 heavy (non-hydrogen) atoms. The SMILES string of the molecule is O=C1Nc2ccc(-c3ccc([Si](c4ccccc4)(c4ccccc4)c4ccccc4)cc3)c3cccc1c23. The lowest BCUT2D eigenvalue weighted by molar-refractivity contribution is 0.103. The summed E-state index contributed by atoms with van der Waals surface area (Å²) in [5, 5.41) is 10.5. The van der Waals surface area contributed by atoms with Gasteiger partial charge < -0.3 is 5.32 Å². The lowest BCUT2D eigenvalue weighted by atomic mass is 9.96. The molecule has 1 N–H and O–H groups in total. The summed E-state index contributed by atoms with van der Waals surface area (Å²) in [5.74, 6) is -0.0255. The van der Waals surface area contributed by atoms with Gasteiger partial charge in [-0.3, -0.25) is 4.79 Å². The third-order valence-electron chi connectivity index (χ3n) is 7.78. The molecule has 2 nitrogen and oxygen atoms in total. The first-order valence-electron chi connectivity index (χ1n) is 12.9. The van der Waals surface area contributed by atoms with Crippen molar-refractivity contribution >= 4 is 51.2 Å². The number of carbonyl (C=O) groups excluding carboxylic acids is 1. The highest BCUT2D eigenvalue weighted by molar-refractivity contribution is 7.19. The zero-order valence-corrected chi connectivity index (χ0v) is 21.8. The van der Waals surface area contributed by atoms with Crippen LogP contribution in [0.15, 0.2) is 146 Å². The smallest absolute Gasteiger partial charge is 0.256 e. The van der Waals surface area contributed by atoms with Gasteiger partial charge in [-0.2, -0.15) is 0 Å². The van der Waals surface area contributed by atoms with Gasteiger partial charge in [0, 0.05) is 16.6 Å². The Hall–Kier alpha value is -4.73. The Morgan fingerprint density at radius 1 is 0.447 bits per heavy atom. The first-order valence-corrected chi connectivity index (χ1v) is 14.9. The van der Waals surface area contributed by atoms with Gasteiger partial charge in [0.1, 0.15) is 0 Å². The second-order valence-electron chi connectivity index (χ2n) is 9.77. The van der Waals surface area contributed by atoms with E-state index >= 15 is 0 Å². The summed E-state index contributed by atoms with van der Waals surface area (Å²) < 4.78 is 0. The van der Waals surface area contributed by atoms with E-state index < -0.39 is 8.07 Å². The Bertz CT molecular complexity index is 1680. The average Bonchev–Trinajstić information content (AvgIpc) is 3.32. The zero-order valence-electron chi connectivity index (χ0n) is 20.8. The predicted molar refractivity (Wildman–Crippen MR) is 161 cm³/mol. The lowest BCUT2D eigenvalue weighted by Crippen LogP contribution is -2.74. The van der Waals surface area contributed by atoms with E-state index in [-0.39, 0.29) is 5.91 Å². The highest BCUT2D eigenvalue weighted by Gasteiger charge is 2.41. The molecule has 0 aliphatic carbocycles. The summed E-state index contributed by atoms with van der Waals surface area (Å²) in [6.07, 6.45) is 0. The van der Waals surface area contributed by atoms with Crippen molar-refractivity contribution in [1.82, 2.24) is 0 Å². The molecule has 6 aromatic rings. The molecule has 0 fully saturated rings. The largest absolute Gasteiger partial charge is 0.321 e. The second-order valence-corrected chi connectivity index (χ2v) is 13.6. The van der Waals surface area contributed by atoms with Gasteiger partial charge in [0.2, 0.25) is 0 Å². The van der Waals surface area contributed by atoms with Gasteiger partial charge in [0.05, 0.1) is 0 Å². The van der Waals surface area contributed by atoms with Gasteiger partial charge in [0.25, 0.3) is 5.91 Å². The number of carbonyl (C=O) groups is 1. The molecular weight excluding hydrogens is 478 g/mol. The number of amides is 1. The number of hydrogen-bond acceptors (Lipinski definition) is 1. The number of hydrogen-bond donors (Lipinski definition) is 1. The summed E-state index contributed by atoms with van der Waals surface area (Å²) in [6, 6.07) is 52.2. The van der Waals surface area contributed by atoms with Crippen LogP contribution in [0.1, 0.15) is 10.4 Å². The van der Waals surface area contributed by atoms with E-state index in [0.29, 0.717) is 0 Å². The molecule has 6 aromatic carbocycles. The van der Waals surface area contributed by atoms with Crippen molar-refractivity contribution in [2.45, 2.75) is 0 Å². The van der Waals surface area contributed by atoms with E-state index in [0.717, 1.165) is 33.2 Å². The van der Waals surface area contributed by atoms with Gasteiger partial charge in [-0.25, -0.2) is 0 Å². The van der Waals surface area contributed by atoms with Gasteiger partial charge >= 0.3 is 0 Å². The normalized spacial score (nSPS) is 12.5. The number of anilines is 1. The Kier molecular flexibility index (Phi) is 5.31. The maximum Gasteiger partial charge on any atom is 0.256 e. The molecular formula is C35H25NOSi. The van der Waals surface area contributed by atoms with Crippen LogP contribution in [0, 0.1) is 0 Å². The topological polar surface area (TPSA) is 29.1 Å². The van der Waals surface area contributed by atoms with Crippen molar-refractivity contribution in [2.75, 3.05) is 5.32 Å². The number of benzene rings is 6. The van der Waals surface area contributed by atoms with Gasteiger partial charge in [-0.05, 0) is 49.4 Å². The molecule has 1 heterocycles. The lowest BCUT2D eigenvalue weighted by Gasteiger charge is -2.34. The first-order chi connectivity index (χ1) is 18.8. The molecule has 1 aliphatic heterocycles. The maximum atomic E-state index is 12.4. The Morgan fingerprint density at radius 2 is 0.974 bits per heavy atom. The molecule has 0 spiro atoms. The highest BCUT2D eigenvalue weighted by atomic mass is 28.3. The van der Waals surface area contributed by atoms with Crippen molar-refractivity contribution in [3.8, 4) is 11.1 Å². The zero-order chi connectivity index (χ0) is 25.5. The van der Waals surface area contributed by atoms with E-state index in [4.69, 9.17) is 0 Å². The first kappa shape index (κ1) is 22.5. The quantitative estimate of drug-likeness (QED) is 0.246. The highest BCUT2D eigenvalue weighted by Crippen LogP contribution is 2.38. The minimum Gasteiger partial charge on any atom is -0.321 e. The second kappa shape index (κ2) is 8.98. The molecule has 0 unspecified atom stereocenters. The van der Waals surface area contributed by atoms with Crippen molar-refractivity contribution in [2.24, 2.45) is 0 Å². The van der Waals surface area contributed by atoms with Crippen LogP contribution in [0.25, 0.3) is 21.9 Å². The van der Waals surface area contributed by atoms with Crippen LogP contribution in [0.5, 0.6) is 0 Å². The molecule has 0 saturated carbocycles. The van der Waals surface area contributed by atoms with Crippen molar-refractivity contribution in [3.05, 3.63) is 151 Å². The van der Waals surface area contributed by atoms with Crippen LogP contribution in [0.3, 0.4) is 0 Å². The van der Waals surface area contributed by atoms with Crippen LogP contribution in [-0.2, 0) is 0 Å². The minimum absolute atomic E-state index is 0.0255. The number of nitrogens with one attached hydrogen (secondary N) is 1. The molecule has 0 aromatic heterocycles. The van der Waals surface area contributed by atoms with Gasteiger partial charge in [-0.1, -0.05) is 133 Å². The molecule has 180 valence electrons. The molecule has 0 bridgehead atoms. The fourth-order valence-corrected chi connectivity index (χ4v) is 10.8. The van der Waals surface area contributed by atoms with Crippen LogP contribution in [0.2, 0.25) is 0 Å². The Morgan fingerprint density at radius 3 is 1.53 bits per heavy atom. The van der Waals surface area contributed by atoms with Crippen molar-refractivity contribution in [1.29, 1.82) is 0 Å².